The van der Waals surface area contributed by atoms with Crippen molar-refractivity contribution in [2.45, 2.75) is 13.0 Å². The Hall–Kier alpha value is -1.69. The molecule has 0 aliphatic carbocycles. The Morgan fingerprint density at radius 1 is 1.18 bits per heavy atom. The van der Waals surface area contributed by atoms with Crippen molar-refractivity contribution in [3.63, 3.8) is 0 Å². The molecule has 0 amide bonds. The highest BCUT2D eigenvalue weighted by molar-refractivity contribution is 7.20. The average molecular weight is 350 g/mol. The van der Waals surface area contributed by atoms with E-state index in [1.165, 1.54) is 11.3 Å². The lowest BCUT2D eigenvalue weighted by molar-refractivity contribution is -0.144. The second-order valence-corrected chi connectivity index (χ2v) is 6.76. The highest BCUT2D eigenvalue weighted by Crippen LogP contribution is 2.28. The minimum atomic E-state index is -0.303. The molecule has 0 radical (unpaired) electrons. The molecule has 0 saturated carbocycles. The number of halogens is 1. The average Bonchev–Trinajstić information content (AvgIpc) is 3.17. The predicted octanol–water partition coefficient (Wildman–Crippen LogP) is 4.81. The highest BCUT2D eigenvalue weighted by atomic mass is 35.5. The van der Waals surface area contributed by atoms with Crippen molar-refractivity contribution < 1.29 is 9.53 Å². The van der Waals surface area contributed by atoms with Crippen LogP contribution in [0.1, 0.15) is 11.3 Å². The molecular weight excluding hydrogens is 338 g/mol. The van der Waals surface area contributed by atoms with Crippen molar-refractivity contribution in [3.8, 4) is 9.88 Å². The summed E-state index contributed by atoms with van der Waals surface area (Å²) in [5, 5.41) is 5.44. The number of rotatable bonds is 5. The van der Waals surface area contributed by atoms with Gasteiger partial charge in [0.1, 0.15) is 11.6 Å². The van der Waals surface area contributed by atoms with Gasteiger partial charge in [-0.25, -0.2) is 4.98 Å². The molecule has 0 fully saturated rings. The van der Waals surface area contributed by atoms with E-state index in [1.54, 1.807) is 17.4 Å². The van der Waals surface area contributed by atoms with Crippen molar-refractivity contribution in [3.05, 3.63) is 63.4 Å². The van der Waals surface area contributed by atoms with Gasteiger partial charge >= 0.3 is 5.97 Å². The first-order valence-corrected chi connectivity index (χ1v) is 8.73. The van der Waals surface area contributed by atoms with Crippen molar-refractivity contribution in [1.29, 1.82) is 0 Å². The lowest BCUT2D eigenvalue weighted by Crippen LogP contribution is -2.08. The quantitative estimate of drug-likeness (QED) is 0.620. The maximum absolute atomic E-state index is 11.9. The van der Waals surface area contributed by atoms with E-state index in [1.807, 2.05) is 41.1 Å². The number of carbonyl (C=O) groups is 1. The van der Waals surface area contributed by atoms with Gasteiger partial charge < -0.3 is 4.74 Å². The smallest absolute Gasteiger partial charge is 0.312 e. The van der Waals surface area contributed by atoms with Crippen LogP contribution in [0.5, 0.6) is 0 Å². The van der Waals surface area contributed by atoms with Gasteiger partial charge in [0.25, 0.3) is 0 Å². The molecule has 2 heterocycles. The van der Waals surface area contributed by atoms with Crippen LogP contribution in [0.15, 0.2) is 47.2 Å². The molecule has 3 nitrogen and oxygen atoms in total. The van der Waals surface area contributed by atoms with Crippen LogP contribution in [-0.2, 0) is 22.6 Å². The predicted molar refractivity (Wildman–Crippen MR) is 90.4 cm³/mol. The molecule has 0 spiro atoms. The van der Waals surface area contributed by atoms with Crippen molar-refractivity contribution in [2.24, 2.45) is 0 Å². The lowest BCUT2D eigenvalue weighted by atomic mass is 10.2. The van der Waals surface area contributed by atoms with Gasteiger partial charge in [0.05, 0.1) is 17.0 Å². The number of thiazole rings is 1. The number of benzene rings is 1. The number of hydrogen-bond acceptors (Lipinski definition) is 5. The van der Waals surface area contributed by atoms with E-state index < -0.39 is 0 Å². The third kappa shape index (κ3) is 3.74. The van der Waals surface area contributed by atoms with Crippen LogP contribution in [0.3, 0.4) is 0 Å². The Labute approximate surface area is 141 Å². The number of esters is 1. The Kier molecular flexibility index (Phi) is 4.87. The summed E-state index contributed by atoms with van der Waals surface area (Å²) < 4.78 is 5.26. The van der Waals surface area contributed by atoms with Gasteiger partial charge in [0.2, 0.25) is 0 Å². The summed E-state index contributed by atoms with van der Waals surface area (Å²) in [5.74, 6) is -0.303. The molecule has 0 aliphatic rings. The van der Waals surface area contributed by atoms with Crippen molar-refractivity contribution in [1.82, 2.24) is 4.98 Å². The summed E-state index contributed by atoms with van der Waals surface area (Å²) in [6.45, 7) is 0.181. The number of thiophene rings is 1. The third-order valence-corrected chi connectivity index (χ3v) is 5.25. The fraction of sp³-hybridized carbons (Fsp3) is 0.125. The monoisotopic (exact) mass is 349 g/mol. The van der Waals surface area contributed by atoms with E-state index in [0.29, 0.717) is 5.02 Å². The first-order valence-electron chi connectivity index (χ1n) is 6.59. The van der Waals surface area contributed by atoms with E-state index in [0.717, 1.165) is 21.1 Å². The second-order valence-electron chi connectivity index (χ2n) is 4.55. The van der Waals surface area contributed by atoms with Crippen LogP contribution in [0.2, 0.25) is 5.02 Å². The van der Waals surface area contributed by atoms with Crippen LogP contribution in [0, 0.1) is 0 Å². The summed E-state index contributed by atoms with van der Waals surface area (Å²) in [6.07, 6.45) is 0.173. The maximum Gasteiger partial charge on any atom is 0.312 e. The van der Waals surface area contributed by atoms with Crippen LogP contribution < -0.4 is 0 Å². The fourth-order valence-electron chi connectivity index (χ4n) is 1.87. The number of hydrogen-bond donors (Lipinski definition) is 0. The van der Waals surface area contributed by atoms with E-state index in [9.17, 15) is 4.79 Å². The second kappa shape index (κ2) is 7.05. The minimum absolute atomic E-state index is 0.173. The zero-order valence-corrected chi connectivity index (χ0v) is 13.9. The van der Waals surface area contributed by atoms with Gasteiger partial charge in [-0.3, -0.25) is 4.79 Å². The van der Waals surface area contributed by atoms with Crippen LogP contribution in [0.4, 0.5) is 0 Å². The van der Waals surface area contributed by atoms with E-state index in [2.05, 4.69) is 4.98 Å². The molecule has 0 atom stereocenters. The molecule has 0 unspecified atom stereocenters. The molecule has 6 heteroatoms. The molecule has 2 aromatic heterocycles. The van der Waals surface area contributed by atoms with Gasteiger partial charge in [0.15, 0.2) is 0 Å². The topological polar surface area (TPSA) is 39.2 Å². The lowest BCUT2D eigenvalue weighted by Gasteiger charge is -2.05. The number of nitrogens with zero attached hydrogens (tertiary/aromatic N) is 1. The molecule has 0 N–H and O–H groups in total. The summed E-state index contributed by atoms with van der Waals surface area (Å²) in [4.78, 5) is 17.5. The summed E-state index contributed by atoms with van der Waals surface area (Å²) >= 11 is 9.20. The Morgan fingerprint density at radius 3 is 2.82 bits per heavy atom. The molecule has 112 valence electrons. The third-order valence-electron chi connectivity index (χ3n) is 2.96. The Bertz CT molecular complexity index is 768. The van der Waals surface area contributed by atoms with E-state index >= 15 is 0 Å². The molecule has 22 heavy (non-hydrogen) atoms. The summed E-state index contributed by atoms with van der Waals surface area (Å²) in [7, 11) is 0. The zero-order valence-electron chi connectivity index (χ0n) is 11.5. The first-order chi connectivity index (χ1) is 10.7. The Balaban J connectivity index is 1.57. The van der Waals surface area contributed by atoms with Gasteiger partial charge in [-0.05, 0) is 17.5 Å². The maximum atomic E-state index is 11.9. The molecule has 3 aromatic rings. The van der Waals surface area contributed by atoms with Crippen molar-refractivity contribution >= 4 is 40.2 Å². The Morgan fingerprint density at radius 2 is 2.05 bits per heavy atom. The largest absolute Gasteiger partial charge is 0.460 e. The van der Waals surface area contributed by atoms with E-state index in [4.69, 9.17) is 16.3 Å². The number of carbonyl (C=O) groups excluding carboxylic acids is 1. The molecule has 0 saturated heterocycles. The normalized spacial score (nSPS) is 10.6. The minimum Gasteiger partial charge on any atom is -0.460 e. The molecular formula is C16H12ClNO2S2. The molecule has 1 aromatic carbocycles. The van der Waals surface area contributed by atoms with Crippen LogP contribution >= 0.6 is 34.3 Å². The van der Waals surface area contributed by atoms with Gasteiger partial charge in [0, 0.05) is 16.0 Å². The van der Waals surface area contributed by atoms with E-state index in [-0.39, 0.29) is 19.0 Å². The molecule has 3 rings (SSSR count). The molecule has 0 aliphatic heterocycles. The number of ether oxygens (including phenoxy) is 1. The standard InChI is InChI=1S/C16H12ClNO2S2/c17-13-5-2-1-4-11(13)9-20-15(19)8-12-10-22-16(18-12)14-6-3-7-21-14/h1-7,10H,8-9H2. The van der Waals surface area contributed by atoms with Gasteiger partial charge in [-0.15, -0.1) is 22.7 Å². The summed E-state index contributed by atoms with van der Waals surface area (Å²) in [5.41, 5.74) is 1.53. The van der Waals surface area contributed by atoms with Crippen LogP contribution in [-0.4, -0.2) is 11.0 Å². The molecule has 0 bridgehead atoms. The zero-order chi connectivity index (χ0) is 15.4. The highest BCUT2D eigenvalue weighted by Gasteiger charge is 2.11. The fourth-order valence-corrected chi connectivity index (χ4v) is 3.70. The van der Waals surface area contributed by atoms with Gasteiger partial charge in [-0.1, -0.05) is 35.9 Å². The summed E-state index contributed by atoms with van der Waals surface area (Å²) in [6, 6.07) is 11.3. The number of aromatic nitrogens is 1. The van der Waals surface area contributed by atoms with Crippen LogP contribution in [0.25, 0.3) is 9.88 Å². The van der Waals surface area contributed by atoms with Gasteiger partial charge in [-0.2, -0.15) is 0 Å². The first kappa shape index (κ1) is 15.2. The van der Waals surface area contributed by atoms with Crippen molar-refractivity contribution in [2.75, 3.05) is 0 Å². The SMILES string of the molecule is O=C(Cc1csc(-c2cccs2)n1)OCc1ccccc1Cl.